The molecular weight excluding hydrogens is 240 g/mol. The van der Waals surface area contributed by atoms with Crippen molar-refractivity contribution in [2.24, 2.45) is 0 Å². The summed E-state index contributed by atoms with van der Waals surface area (Å²) in [5.41, 5.74) is 0. The minimum absolute atomic E-state index is 0.167. The maximum absolute atomic E-state index is 10.6. The highest BCUT2D eigenvalue weighted by molar-refractivity contribution is 7.17. The fourth-order valence-corrected chi connectivity index (χ4v) is 2.52. The Kier molecular flexibility index (Phi) is 2.92. The lowest BCUT2D eigenvalue weighted by molar-refractivity contribution is 0.0572. The van der Waals surface area contributed by atoms with Crippen LogP contribution in [-0.4, -0.2) is 46.8 Å². The number of aldehydes is 1. The van der Waals surface area contributed by atoms with E-state index in [0.717, 1.165) is 11.3 Å². The van der Waals surface area contributed by atoms with E-state index in [1.807, 2.05) is 0 Å². The van der Waals surface area contributed by atoms with Gasteiger partial charge in [0.25, 0.3) is 0 Å². The van der Waals surface area contributed by atoms with Crippen molar-refractivity contribution < 1.29 is 15.0 Å². The van der Waals surface area contributed by atoms with Crippen LogP contribution in [0.15, 0.2) is 0 Å². The zero-order chi connectivity index (χ0) is 11.0. The standard InChI is InChI=1S/C8H9ClN2O3S/c9-7-6(3-12)15-8(10-7)11-1-4(13)5(14)2-11/h3-5,13-14H,1-2H2. The summed E-state index contributed by atoms with van der Waals surface area (Å²) in [6, 6.07) is 0. The van der Waals surface area contributed by atoms with Crippen LogP contribution in [-0.2, 0) is 0 Å². The van der Waals surface area contributed by atoms with Crippen molar-refractivity contribution >= 4 is 34.4 Å². The molecule has 2 heterocycles. The molecule has 1 saturated heterocycles. The average molecular weight is 249 g/mol. The summed E-state index contributed by atoms with van der Waals surface area (Å²) in [6.07, 6.45) is -0.897. The second kappa shape index (κ2) is 4.05. The number of rotatable bonds is 2. The van der Waals surface area contributed by atoms with E-state index in [9.17, 15) is 15.0 Å². The van der Waals surface area contributed by atoms with Crippen molar-refractivity contribution in [2.45, 2.75) is 12.2 Å². The molecule has 1 aliphatic heterocycles. The molecule has 0 aliphatic carbocycles. The molecule has 7 heteroatoms. The van der Waals surface area contributed by atoms with Gasteiger partial charge in [-0.3, -0.25) is 4.79 Å². The highest BCUT2D eigenvalue weighted by atomic mass is 35.5. The van der Waals surface area contributed by atoms with Gasteiger partial charge in [0.2, 0.25) is 0 Å². The first-order valence-electron chi connectivity index (χ1n) is 4.34. The summed E-state index contributed by atoms with van der Waals surface area (Å²) in [5, 5.41) is 19.4. The monoisotopic (exact) mass is 248 g/mol. The minimum atomic E-state index is -0.771. The normalized spacial score (nSPS) is 25.9. The highest BCUT2D eigenvalue weighted by Crippen LogP contribution is 2.30. The SMILES string of the molecule is O=Cc1sc(N2CC(O)C(O)C2)nc1Cl. The number of hydrogen-bond donors (Lipinski definition) is 2. The van der Waals surface area contributed by atoms with E-state index in [2.05, 4.69) is 4.98 Å². The predicted molar refractivity (Wildman–Crippen MR) is 56.7 cm³/mol. The van der Waals surface area contributed by atoms with Gasteiger partial charge in [-0.2, -0.15) is 0 Å². The van der Waals surface area contributed by atoms with Crippen molar-refractivity contribution in [1.29, 1.82) is 0 Å². The number of nitrogens with zero attached hydrogens (tertiary/aromatic N) is 2. The summed E-state index contributed by atoms with van der Waals surface area (Å²) < 4.78 is 0. The Morgan fingerprint density at radius 2 is 2.07 bits per heavy atom. The van der Waals surface area contributed by atoms with E-state index in [4.69, 9.17) is 11.6 Å². The van der Waals surface area contributed by atoms with Gasteiger partial charge < -0.3 is 15.1 Å². The molecule has 0 bridgehead atoms. The van der Waals surface area contributed by atoms with Crippen LogP contribution in [0, 0.1) is 0 Å². The van der Waals surface area contributed by atoms with Crippen molar-refractivity contribution in [1.82, 2.24) is 4.98 Å². The third kappa shape index (κ3) is 1.98. The van der Waals surface area contributed by atoms with Crippen molar-refractivity contribution in [3.63, 3.8) is 0 Å². The molecule has 0 radical (unpaired) electrons. The maximum Gasteiger partial charge on any atom is 0.187 e. The largest absolute Gasteiger partial charge is 0.389 e. The molecular formula is C8H9ClN2O3S. The van der Waals surface area contributed by atoms with E-state index in [1.54, 1.807) is 4.90 Å². The molecule has 82 valence electrons. The number of aromatic nitrogens is 1. The summed E-state index contributed by atoms with van der Waals surface area (Å²) in [5.74, 6) is 0. The summed E-state index contributed by atoms with van der Waals surface area (Å²) in [6.45, 7) is 0.618. The fraction of sp³-hybridized carbons (Fsp3) is 0.500. The molecule has 2 unspecified atom stereocenters. The second-order valence-corrected chi connectivity index (χ2v) is 4.68. The Morgan fingerprint density at radius 1 is 1.47 bits per heavy atom. The lowest BCUT2D eigenvalue weighted by atomic mass is 10.3. The van der Waals surface area contributed by atoms with Gasteiger partial charge in [0.1, 0.15) is 4.88 Å². The van der Waals surface area contributed by atoms with Crippen LogP contribution in [0.25, 0.3) is 0 Å². The first-order chi connectivity index (χ1) is 7.11. The number of hydrogen-bond acceptors (Lipinski definition) is 6. The number of aliphatic hydroxyl groups excluding tert-OH is 2. The van der Waals surface area contributed by atoms with Gasteiger partial charge in [-0.05, 0) is 0 Å². The molecule has 15 heavy (non-hydrogen) atoms. The molecule has 5 nitrogen and oxygen atoms in total. The lowest BCUT2D eigenvalue weighted by Crippen LogP contribution is -2.22. The smallest absolute Gasteiger partial charge is 0.187 e. The van der Waals surface area contributed by atoms with Crippen LogP contribution in [0.4, 0.5) is 5.13 Å². The third-order valence-electron chi connectivity index (χ3n) is 2.23. The molecule has 1 fully saturated rings. The molecule has 2 atom stereocenters. The Morgan fingerprint density at radius 3 is 2.53 bits per heavy atom. The van der Waals surface area contributed by atoms with Crippen LogP contribution in [0.3, 0.4) is 0 Å². The summed E-state index contributed by atoms with van der Waals surface area (Å²) >= 11 is 6.87. The minimum Gasteiger partial charge on any atom is -0.389 e. The van der Waals surface area contributed by atoms with Gasteiger partial charge in [0.15, 0.2) is 16.6 Å². The highest BCUT2D eigenvalue weighted by Gasteiger charge is 2.31. The zero-order valence-electron chi connectivity index (χ0n) is 7.63. The van der Waals surface area contributed by atoms with E-state index in [1.165, 1.54) is 0 Å². The van der Waals surface area contributed by atoms with Crippen LogP contribution in [0.1, 0.15) is 9.67 Å². The van der Waals surface area contributed by atoms with Crippen molar-refractivity contribution in [3.05, 3.63) is 10.0 Å². The van der Waals surface area contributed by atoms with Crippen LogP contribution < -0.4 is 4.90 Å². The number of thiazole rings is 1. The first kappa shape index (κ1) is 10.8. The number of halogens is 1. The van der Waals surface area contributed by atoms with Gasteiger partial charge in [-0.1, -0.05) is 22.9 Å². The van der Waals surface area contributed by atoms with E-state index in [-0.39, 0.29) is 5.15 Å². The number of anilines is 1. The molecule has 0 amide bonds. The van der Waals surface area contributed by atoms with E-state index < -0.39 is 12.2 Å². The second-order valence-electron chi connectivity index (χ2n) is 3.31. The molecule has 2 N–H and O–H groups in total. The summed E-state index contributed by atoms with van der Waals surface area (Å²) in [7, 11) is 0. The fourth-order valence-electron chi connectivity index (χ4n) is 1.44. The van der Waals surface area contributed by atoms with Crippen LogP contribution in [0.5, 0.6) is 0 Å². The number of β-amino-alcohol motifs (C(OH)–C–C–N with tert-alkyl or cyclic N) is 2. The molecule has 1 aromatic rings. The number of carbonyl (C=O) groups is 1. The molecule has 0 saturated carbocycles. The number of aliphatic hydroxyl groups is 2. The topological polar surface area (TPSA) is 73.7 Å². The molecule has 1 aromatic heterocycles. The van der Waals surface area contributed by atoms with E-state index in [0.29, 0.717) is 29.4 Å². The van der Waals surface area contributed by atoms with Crippen molar-refractivity contribution in [3.8, 4) is 0 Å². The van der Waals surface area contributed by atoms with Crippen molar-refractivity contribution in [2.75, 3.05) is 18.0 Å². The summed E-state index contributed by atoms with van der Waals surface area (Å²) in [4.78, 5) is 16.6. The first-order valence-corrected chi connectivity index (χ1v) is 5.54. The Balaban J connectivity index is 2.20. The Labute approximate surface area is 94.9 Å². The van der Waals surface area contributed by atoms with Gasteiger partial charge in [0.05, 0.1) is 12.2 Å². The molecule has 0 aromatic carbocycles. The van der Waals surface area contributed by atoms with Gasteiger partial charge >= 0.3 is 0 Å². The third-order valence-corrected chi connectivity index (χ3v) is 3.68. The van der Waals surface area contributed by atoms with Crippen LogP contribution >= 0.6 is 22.9 Å². The molecule has 1 aliphatic rings. The molecule has 2 rings (SSSR count). The van der Waals surface area contributed by atoms with E-state index >= 15 is 0 Å². The Hall–Kier alpha value is -0.690. The van der Waals surface area contributed by atoms with Gasteiger partial charge in [0, 0.05) is 13.1 Å². The average Bonchev–Trinajstić information content (AvgIpc) is 2.71. The lowest BCUT2D eigenvalue weighted by Gasteiger charge is -2.12. The quantitative estimate of drug-likeness (QED) is 0.729. The predicted octanol–water partition coefficient (Wildman–Crippen LogP) is 0.151. The maximum atomic E-state index is 10.6. The molecule has 0 spiro atoms. The number of carbonyl (C=O) groups excluding carboxylic acids is 1. The van der Waals surface area contributed by atoms with Gasteiger partial charge in [-0.15, -0.1) is 0 Å². The van der Waals surface area contributed by atoms with Crippen LogP contribution in [0.2, 0.25) is 5.15 Å². The zero-order valence-corrected chi connectivity index (χ0v) is 9.20. The Bertz CT molecular complexity index is 374. The van der Waals surface area contributed by atoms with Gasteiger partial charge in [-0.25, -0.2) is 4.98 Å².